The van der Waals surface area contributed by atoms with Crippen LogP contribution in [-0.4, -0.2) is 201 Å². The van der Waals surface area contributed by atoms with Gasteiger partial charge in [-0.25, -0.2) is 0 Å². The molecule has 12 rings (SSSR count). The van der Waals surface area contributed by atoms with Crippen molar-refractivity contribution in [2.75, 3.05) is 109 Å². The molecule has 4 aromatic carbocycles. The van der Waals surface area contributed by atoms with Crippen LogP contribution in [0.25, 0.3) is 0 Å². The lowest BCUT2D eigenvalue weighted by molar-refractivity contribution is -0.161. The van der Waals surface area contributed by atoms with Crippen LogP contribution in [0.15, 0.2) is 48.5 Å². The first kappa shape index (κ1) is 50.7. The second kappa shape index (κ2) is 43.9. The van der Waals surface area contributed by atoms with Gasteiger partial charge in [0.2, 0.25) is 0 Å². The first-order valence-electron chi connectivity index (χ1n) is 63.2. The van der Waals surface area contributed by atoms with Crippen molar-refractivity contribution in [2.45, 2.75) is 260 Å². The van der Waals surface area contributed by atoms with Gasteiger partial charge in [-0.05, 0) is 192 Å². The third kappa shape index (κ3) is 23.8. The van der Waals surface area contributed by atoms with Gasteiger partial charge in [-0.3, -0.25) is 38.8 Å². The number of methoxy groups -OCH3 is 8. The number of hydrogen-bond acceptors (Lipinski definition) is 24. The first-order valence-corrected chi connectivity index (χ1v) is 40.2. The summed E-state index contributed by atoms with van der Waals surface area (Å²) in [6, 6.07) is -10.6. The summed E-state index contributed by atoms with van der Waals surface area (Å²) in [7, 11) is 2.75. The number of benzene rings is 4. The Labute approximate surface area is 783 Å². The van der Waals surface area contributed by atoms with Crippen molar-refractivity contribution in [1.82, 2.24) is 19.6 Å². The van der Waals surface area contributed by atoms with E-state index in [0.29, 0.717) is 135 Å². The van der Waals surface area contributed by atoms with Gasteiger partial charge in [-0.2, -0.15) is 0 Å². The lowest BCUT2D eigenvalue weighted by Gasteiger charge is -2.47. The standard InChI is InChI=1S/4C24H38N2O4/c4*1-14(2)9-17-13-26-8-7-16-10-21(28-5)22(29-6)11-18(16)19(26)12-20(17)30-24(27)23(25)15(3)4/h4*10-11,14-15,17,19-20,23H,7-9,12-13,25H2,1-6H3/t4*17?,19?,20?,23-/m0000/s1/i2*3D3,4D3,5D3,15D,19D,20D,23D;3D3,4D3,15D,19D,20D,23D;3D3,4D3,10D,11D,15D,23D. The summed E-state index contributed by atoms with van der Waals surface area (Å²) in [5.74, 6) is -23.6. The Morgan fingerprint density at radius 1 is 0.375 bits per heavy atom. The molecule has 12 unspecified atom stereocenters. The predicted molar refractivity (Wildman–Crippen MR) is 471 cm³/mol. The summed E-state index contributed by atoms with van der Waals surface area (Å²) in [6.07, 6.45) is -5.59. The van der Waals surface area contributed by atoms with E-state index in [9.17, 15) is 27.4 Å². The van der Waals surface area contributed by atoms with Crippen LogP contribution in [0.3, 0.4) is 0 Å². The average Bonchev–Trinajstić information content (AvgIpc) is 0.663. The molecule has 8 heterocycles. The van der Waals surface area contributed by atoms with Gasteiger partial charge in [0.25, 0.3) is 0 Å². The van der Waals surface area contributed by atoms with Gasteiger partial charge in [0.05, 0.1) is 81.4 Å². The molecule has 0 bridgehead atoms. The Morgan fingerprint density at radius 3 is 0.975 bits per heavy atom. The maximum atomic E-state index is 13.5. The molecule has 4 aromatic rings. The Bertz CT molecular complexity index is 5880. The highest BCUT2D eigenvalue weighted by Gasteiger charge is 2.47. The molecule has 0 radical (unpaired) electrons. The fraction of sp³-hybridized carbons (Fsp3) is 0.708. The van der Waals surface area contributed by atoms with Crippen molar-refractivity contribution >= 4 is 23.9 Å². The third-order valence-electron chi connectivity index (χ3n) is 22.6. The van der Waals surface area contributed by atoms with E-state index in [1.54, 1.807) is 21.9 Å². The monoisotopic (exact) mass is 1720 g/mol. The van der Waals surface area contributed by atoms with E-state index in [-0.39, 0.29) is 102 Å². The van der Waals surface area contributed by atoms with Gasteiger partial charge in [0.15, 0.2) is 46.0 Å². The van der Waals surface area contributed by atoms with Gasteiger partial charge >= 0.3 is 23.9 Å². The van der Waals surface area contributed by atoms with Crippen molar-refractivity contribution in [3.05, 3.63) is 93.0 Å². The third-order valence-corrected chi connectivity index (χ3v) is 22.6. The minimum Gasteiger partial charge on any atom is -0.493 e. The van der Waals surface area contributed by atoms with E-state index >= 15 is 0 Å². The van der Waals surface area contributed by atoms with Gasteiger partial charge in [0, 0.05) is 164 Å². The number of esters is 4. The number of hydrogen-bond donors (Lipinski definition) is 4. The fourth-order valence-electron chi connectivity index (χ4n) is 17.0. The number of nitrogens with zero attached hydrogens (tertiary/aromatic N) is 4. The molecular weight excluding hydrogens is 1520 g/mol. The van der Waals surface area contributed by atoms with Crippen molar-refractivity contribution in [3.8, 4) is 46.0 Å². The van der Waals surface area contributed by atoms with E-state index < -0.39 is 226 Å². The molecule has 0 aliphatic carbocycles. The largest absolute Gasteiger partial charge is 0.493 e. The van der Waals surface area contributed by atoms with E-state index in [2.05, 4.69) is 4.90 Å². The summed E-state index contributed by atoms with van der Waals surface area (Å²) < 4.78 is 434. The summed E-state index contributed by atoms with van der Waals surface area (Å²) in [4.78, 5) is 61.3. The molecule has 16 atom stereocenters. The Balaban J connectivity index is 0.000000243. The molecule has 120 heavy (non-hydrogen) atoms. The van der Waals surface area contributed by atoms with E-state index in [4.69, 9.17) is 135 Å². The highest BCUT2D eigenvalue weighted by Crippen LogP contribution is 2.50. The summed E-state index contributed by atoms with van der Waals surface area (Å²) in [5.41, 5.74) is 27.2. The number of nitrogens with two attached hydrogens (primary N) is 4. The highest BCUT2D eigenvalue weighted by atomic mass is 16.6. The molecule has 0 amide bonds. The van der Waals surface area contributed by atoms with Gasteiger partial charge in [0.1, 0.15) is 48.4 Å². The van der Waals surface area contributed by atoms with Crippen molar-refractivity contribution in [2.24, 2.45) is 93.9 Å². The zero-order chi connectivity index (χ0) is 128. The first-order chi connectivity index (χ1) is 74.8. The van der Waals surface area contributed by atoms with Crippen molar-refractivity contribution in [1.29, 1.82) is 0 Å². The van der Waals surface area contributed by atoms with E-state index in [1.807, 2.05) is 60.3 Å². The summed E-state index contributed by atoms with van der Waals surface area (Å²) in [5, 5.41) is 0. The second-order valence-electron chi connectivity index (χ2n) is 32.6. The maximum absolute atomic E-state index is 13.5. The molecule has 0 saturated carbocycles. The molecule has 24 nitrogen and oxygen atoms in total. The quantitative estimate of drug-likeness (QED) is 0.0303. The van der Waals surface area contributed by atoms with Crippen LogP contribution in [0, 0.1) is 70.9 Å². The van der Waals surface area contributed by atoms with Gasteiger partial charge in [-0.15, -0.1) is 0 Å². The predicted octanol–water partition coefficient (Wildman–Crippen LogP) is 14.3. The highest BCUT2D eigenvalue weighted by molar-refractivity contribution is 5.77. The van der Waals surface area contributed by atoms with Crippen LogP contribution >= 0.6 is 0 Å². The zero-order valence-electron chi connectivity index (χ0n) is 117. The smallest absolute Gasteiger partial charge is 0.323 e. The van der Waals surface area contributed by atoms with E-state index in [1.165, 1.54) is 66.9 Å². The Hall–Kier alpha value is -7.16. The average molecular weight is 1720 g/mol. The molecular formula is C96H152N8O16. The van der Waals surface area contributed by atoms with Crippen LogP contribution < -0.4 is 60.8 Å². The van der Waals surface area contributed by atoms with Crippen LogP contribution in [-0.2, 0) is 63.8 Å². The number of rotatable bonds is 28. The molecule has 4 saturated heterocycles. The Morgan fingerprint density at radius 2 is 0.658 bits per heavy atom. The zero-order valence-corrected chi connectivity index (χ0v) is 71.0. The van der Waals surface area contributed by atoms with Crippen LogP contribution in [0.1, 0.15) is 293 Å². The molecule has 0 spiro atoms. The number of ether oxygens (including phenoxy) is 12. The Kier molecular flexibility index (Phi) is 18.6. The van der Waals surface area contributed by atoms with Crippen molar-refractivity contribution in [3.63, 3.8) is 0 Å². The van der Waals surface area contributed by atoms with Crippen LogP contribution in [0.2, 0.25) is 0 Å². The second-order valence-corrected chi connectivity index (χ2v) is 32.6. The summed E-state index contributed by atoms with van der Waals surface area (Å²) in [6.45, 7) is -11.8. The molecule has 8 aliphatic rings. The number of piperidine rings is 4. The molecule has 0 aromatic heterocycles. The topological polar surface area (TPSA) is 296 Å². The van der Waals surface area contributed by atoms with Gasteiger partial charge in [-0.1, -0.05) is 110 Å². The van der Waals surface area contributed by atoms with Crippen molar-refractivity contribution < 1.29 is 139 Å². The number of carbonyl (C=O) groups is 4. The van der Waals surface area contributed by atoms with Gasteiger partial charge < -0.3 is 79.8 Å². The van der Waals surface area contributed by atoms with Crippen LogP contribution in [0.5, 0.6) is 46.0 Å². The lowest BCUT2D eigenvalue weighted by Crippen LogP contribution is -2.51. The summed E-state index contributed by atoms with van der Waals surface area (Å²) >= 11 is 0. The molecule has 8 N–H and O–H groups in total. The lowest BCUT2D eigenvalue weighted by atomic mass is 9.79. The molecule has 672 valence electrons. The minimum absolute atomic E-state index is 0.0155. The number of carbonyl (C=O) groups excluding carboxylic acids is 4. The van der Waals surface area contributed by atoms with Crippen LogP contribution in [0.4, 0.5) is 0 Å². The maximum Gasteiger partial charge on any atom is 0.323 e. The number of fused-ring (bicyclic) bond motifs is 12. The molecule has 8 aliphatic heterocycles. The SMILES string of the molecule is [2H]C([2H])([2H])Oc1cc2c(cc1OC)C1([2H])CC([2H])(OC(=O)[C@@]([2H])(N)C([2H])(C([2H])([2H])[2H])C([2H])([2H])[2H])C(CC(C)C)CN1CC2.[2H]C([2H])([2H])Oc1cc2c(cc1OC)C1([2H])CC([2H])(OC(=O)[C@@]([2H])(N)C([2H])(C([2H])([2H])[2H])C([2H])([2H])[2H])C(CC(C)C)CN1CC2.[2H]C1(OC(=O)[C@@]([2H])(N)C([2H])(C([2H])([2H])[2H])C([2H])([2H])[2H])CC2([2H])c3cc(OC)c(OC)cc3CCN2CC1CC(C)C.[2H]c1c2c(c([2H])c(OC)c1OC)C1CC(OC(=O)[C@@]([2H])(N)C([2H])(C([2H])([2H])[2H])C([2H])([2H])[2H])C(CC(C)C)CN1CC2. The fourth-order valence-corrected chi connectivity index (χ4v) is 17.0. The normalized spacial score (nSPS) is 36.6. The minimum atomic E-state index is -3.81. The van der Waals surface area contributed by atoms with E-state index in [0.717, 1.165) is 5.56 Å². The molecule has 24 heteroatoms. The molecule has 4 fully saturated rings.